The van der Waals surface area contributed by atoms with Crippen LogP contribution in [0.1, 0.15) is 5.56 Å². The molecule has 2 aromatic rings. The Morgan fingerprint density at radius 2 is 1.79 bits per heavy atom. The van der Waals surface area contributed by atoms with Gasteiger partial charge in [-0.3, -0.25) is 14.8 Å². The van der Waals surface area contributed by atoms with E-state index in [1.165, 1.54) is 4.57 Å². The minimum Gasteiger partial charge on any atom is -0.465 e. The van der Waals surface area contributed by atoms with Crippen LogP contribution in [0.3, 0.4) is 0 Å². The van der Waals surface area contributed by atoms with Gasteiger partial charge in [0.1, 0.15) is 5.82 Å². The van der Waals surface area contributed by atoms with Crippen molar-refractivity contribution in [2.75, 3.05) is 44.6 Å². The topological polar surface area (TPSA) is 132 Å². The number of hydrogen-bond donors (Lipinski definition) is 4. The first-order valence-corrected chi connectivity index (χ1v) is 11.2. The highest BCUT2D eigenvalue weighted by Gasteiger charge is 2.56. The second-order valence-corrected chi connectivity index (χ2v) is 8.80. The summed E-state index contributed by atoms with van der Waals surface area (Å²) < 4.78 is 1.44. The molecule has 0 bridgehead atoms. The van der Waals surface area contributed by atoms with Crippen LogP contribution in [0.15, 0.2) is 41.3 Å². The molecule has 3 aliphatic rings. The van der Waals surface area contributed by atoms with Gasteiger partial charge in [0.2, 0.25) is 0 Å². The number of hydrogen-bond acceptors (Lipinski definition) is 6. The second kappa shape index (κ2) is 8.83. The molecule has 11 nitrogen and oxygen atoms in total. The molecule has 3 fully saturated rings. The third-order valence-electron chi connectivity index (χ3n) is 6.62. The number of aromatic nitrogens is 2. The van der Waals surface area contributed by atoms with Crippen LogP contribution < -0.4 is 21.6 Å². The number of amides is 3. The number of carbonyl (C=O) groups is 2. The van der Waals surface area contributed by atoms with Crippen molar-refractivity contribution in [1.82, 2.24) is 30.0 Å². The summed E-state index contributed by atoms with van der Waals surface area (Å²) in [7, 11) is 0. The maximum atomic E-state index is 12.5. The molecule has 1 aromatic carbocycles. The molecule has 1 saturated carbocycles. The summed E-state index contributed by atoms with van der Waals surface area (Å²) in [6.07, 6.45) is 0.664. The Morgan fingerprint density at radius 3 is 2.42 bits per heavy atom. The number of carbonyl (C=O) groups excluding carboxylic acids is 1. The summed E-state index contributed by atoms with van der Waals surface area (Å²) in [5, 5.41) is 17.3. The number of benzene rings is 1. The van der Waals surface area contributed by atoms with Crippen LogP contribution in [0.5, 0.6) is 0 Å². The normalized spacial score (nSPS) is 24.2. The summed E-state index contributed by atoms with van der Waals surface area (Å²) in [5.74, 6) is 1.06. The summed E-state index contributed by atoms with van der Waals surface area (Å²) in [5.41, 5.74) is 1.37. The summed E-state index contributed by atoms with van der Waals surface area (Å²) in [6.45, 7) is 5.31. The Hall–Kier alpha value is -3.44. The molecule has 2 aliphatic heterocycles. The van der Waals surface area contributed by atoms with E-state index in [1.807, 2.05) is 24.3 Å². The lowest BCUT2D eigenvalue weighted by atomic mass is 10.2. The number of urea groups is 1. The van der Waals surface area contributed by atoms with Gasteiger partial charge in [-0.15, -0.1) is 0 Å². The molecule has 1 aliphatic carbocycles. The van der Waals surface area contributed by atoms with Gasteiger partial charge in [-0.25, -0.2) is 14.4 Å². The molecule has 5 rings (SSSR count). The quantitative estimate of drug-likeness (QED) is 0.514. The molecule has 33 heavy (non-hydrogen) atoms. The predicted molar refractivity (Wildman–Crippen MR) is 121 cm³/mol. The lowest BCUT2D eigenvalue weighted by Gasteiger charge is -2.27. The molecule has 2 atom stereocenters. The number of likely N-dealkylation sites (tertiary alicyclic amines) is 1. The second-order valence-electron chi connectivity index (χ2n) is 8.80. The SMILES string of the molecule is O=C(O)NC1C2CN(Cc3ccc(-n4ccc(NC(=O)N5CCNCC5)nc4=O)cc3)CC21. The first-order valence-electron chi connectivity index (χ1n) is 11.2. The van der Waals surface area contributed by atoms with Gasteiger partial charge in [-0.05, 0) is 35.6 Å². The van der Waals surface area contributed by atoms with Crippen LogP contribution in [0, 0.1) is 11.8 Å². The Bertz CT molecular complexity index is 1080. The molecule has 2 saturated heterocycles. The molecule has 1 aromatic heterocycles. The van der Waals surface area contributed by atoms with Gasteiger partial charge in [0.05, 0.1) is 5.69 Å². The Kier molecular flexibility index (Phi) is 5.73. The van der Waals surface area contributed by atoms with Crippen molar-refractivity contribution in [2.24, 2.45) is 11.8 Å². The number of nitrogens with one attached hydrogen (secondary N) is 3. The van der Waals surface area contributed by atoms with Crippen molar-refractivity contribution in [1.29, 1.82) is 0 Å². The van der Waals surface area contributed by atoms with Crippen LogP contribution in [0.2, 0.25) is 0 Å². The highest BCUT2D eigenvalue weighted by Crippen LogP contribution is 2.45. The van der Waals surface area contributed by atoms with E-state index >= 15 is 0 Å². The zero-order valence-electron chi connectivity index (χ0n) is 18.1. The zero-order chi connectivity index (χ0) is 22.9. The largest absolute Gasteiger partial charge is 0.465 e. The van der Waals surface area contributed by atoms with E-state index in [0.717, 1.165) is 38.3 Å². The van der Waals surface area contributed by atoms with Gasteiger partial charge in [-0.1, -0.05) is 12.1 Å². The van der Waals surface area contributed by atoms with E-state index in [0.29, 0.717) is 30.6 Å². The Balaban J connectivity index is 1.17. The van der Waals surface area contributed by atoms with Crippen molar-refractivity contribution in [2.45, 2.75) is 12.6 Å². The van der Waals surface area contributed by atoms with Gasteiger partial charge in [0.25, 0.3) is 0 Å². The summed E-state index contributed by atoms with van der Waals surface area (Å²) in [4.78, 5) is 43.6. The first kappa shape index (κ1) is 21.4. The summed E-state index contributed by atoms with van der Waals surface area (Å²) in [6, 6.07) is 9.19. The van der Waals surface area contributed by atoms with E-state index in [1.54, 1.807) is 17.2 Å². The highest BCUT2D eigenvalue weighted by atomic mass is 16.4. The van der Waals surface area contributed by atoms with Crippen molar-refractivity contribution >= 4 is 17.9 Å². The van der Waals surface area contributed by atoms with Crippen molar-refractivity contribution in [3.63, 3.8) is 0 Å². The minimum absolute atomic E-state index is 0.102. The van der Waals surface area contributed by atoms with Crippen molar-refractivity contribution in [3.8, 4) is 5.69 Å². The van der Waals surface area contributed by atoms with Crippen molar-refractivity contribution in [3.05, 3.63) is 52.6 Å². The molecular weight excluding hydrogens is 426 g/mol. The lowest BCUT2D eigenvalue weighted by molar-refractivity contribution is 0.190. The Morgan fingerprint density at radius 1 is 1.09 bits per heavy atom. The smallest absolute Gasteiger partial charge is 0.404 e. The lowest BCUT2D eigenvalue weighted by Crippen LogP contribution is -2.48. The highest BCUT2D eigenvalue weighted by molar-refractivity contribution is 5.88. The standard InChI is InChI=1S/C22H27N7O4/c30-20(28-9-6-23-7-10-28)24-18-5-8-29(21(31)25-18)15-3-1-14(2-4-15)11-27-12-16-17(13-27)19(16)26-22(32)33/h1-5,8,16-17,19,23,26H,6-7,9-13H2,(H,32,33)(H,24,25,30,31). The van der Waals surface area contributed by atoms with Gasteiger partial charge in [0.15, 0.2) is 0 Å². The molecule has 3 heterocycles. The van der Waals surface area contributed by atoms with Gasteiger partial charge in [-0.2, -0.15) is 4.98 Å². The maximum Gasteiger partial charge on any atom is 0.404 e. The molecule has 174 valence electrons. The van der Waals surface area contributed by atoms with Crippen molar-refractivity contribution < 1.29 is 14.7 Å². The average molecular weight is 454 g/mol. The van der Waals surface area contributed by atoms with E-state index in [-0.39, 0.29) is 17.9 Å². The first-order chi connectivity index (χ1) is 16.0. The number of carboxylic acid groups (broad SMARTS) is 1. The number of anilines is 1. The van der Waals surface area contributed by atoms with Crippen LogP contribution in [-0.2, 0) is 6.54 Å². The van der Waals surface area contributed by atoms with E-state index in [9.17, 15) is 14.4 Å². The summed E-state index contributed by atoms with van der Waals surface area (Å²) >= 11 is 0. The average Bonchev–Trinajstić information content (AvgIpc) is 3.23. The maximum absolute atomic E-state index is 12.5. The number of fused-ring (bicyclic) bond motifs is 1. The Labute approximate surface area is 190 Å². The molecular formula is C22H27N7O4. The molecule has 0 spiro atoms. The molecule has 4 N–H and O–H groups in total. The van der Waals surface area contributed by atoms with Crippen LogP contribution in [0.4, 0.5) is 15.4 Å². The van der Waals surface area contributed by atoms with Gasteiger partial charge in [0, 0.05) is 58.1 Å². The van der Waals surface area contributed by atoms with E-state index < -0.39 is 11.8 Å². The van der Waals surface area contributed by atoms with E-state index in [4.69, 9.17) is 5.11 Å². The number of nitrogens with zero attached hydrogens (tertiary/aromatic N) is 4. The monoisotopic (exact) mass is 453 g/mol. The van der Waals surface area contributed by atoms with Crippen LogP contribution in [0.25, 0.3) is 5.69 Å². The fourth-order valence-electron chi connectivity index (χ4n) is 4.85. The number of piperidine rings is 1. The third kappa shape index (κ3) is 4.69. The predicted octanol–water partition coefficient (Wildman–Crippen LogP) is 0.367. The minimum atomic E-state index is -0.948. The van der Waals surface area contributed by atoms with Gasteiger partial charge < -0.3 is 20.6 Å². The fourth-order valence-corrected chi connectivity index (χ4v) is 4.85. The molecule has 2 unspecified atom stereocenters. The van der Waals surface area contributed by atoms with Crippen LogP contribution >= 0.6 is 0 Å². The molecule has 0 radical (unpaired) electrons. The van der Waals surface area contributed by atoms with E-state index in [2.05, 4.69) is 25.8 Å². The fraction of sp³-hybridized carbons (Fsp3) is 0.455. The number of piperazine rings is 1. The number of rotatable bonds is 5. The molecule has 3 amide bonds. The third-order valence-corrected chi connectivity index (χ3v) is 6.62. The van der Waals surface area contributed by atoms with Gasteiger partial charge >= 0.3 is 17.8 Å². The zero-order valence-corrected chi connectivity index (χ0v) is 18.1. The molecule has 11 heteroatoms. The van der Waals surface area contributed by atoms with Crippen LogP contribution in [-0.4, -0.2) is 81.9 Å².